The first-order chi connectivity index (χ1) is 10.9. The van der Waals surface area contributed by atoms with Crippen LogP contribution in [-0.2, 0) is 11.3 Å². The van der Waals surface area contributed by atoms with Gasteiger partial charge in [-0.15, -0.1) is 0 Å². The maximum absolute atomic E-state index is 11.6. The van der Waals surface area contributed by atoms with E-state index in [0.717, 1.165) is 38.8 Å². The molecule has 0 aromatic heterocycles. The zero-order valence-electron chi connectivity index (χ0n) is 12.9. The van der Waals surface area contributed by atoms with Crippen molar-refractivity contribution in [1.29, 1.82) is 0 Å². The lowest BCUT2D eigenvalue weighted by molar-refractivity contribution is -0.110. The smallest absolute Gasteiger partial charge is 0.127 e. The average Bonchev–Trinajstić information content (AvgIpc) is 2.59. The van der Waals surface area contributed by atoms with Crippen molar-refractivity contribution in [2.45, 2.75) is 25.3 Å². The van der Waals surface area contributed by atoms with Crippen molar-refractivity contribution in [3.8, 4) is 0 Å². The minimum absolute atomic E-state index is 0.0556. The molecule has 1 aliphatic heterocycles. The van der Waals surface area contributed by atoms with Gasteiger partial charge >= 0.3 is 0 Å². The second kappa shape index (κ2) is 7.37. The van der Waals surface area contributed by atoms with E-state index in [1.807, 2.05) is 18.2 Å². The van der Waals surface area contributed by atoms with Gasteiger partial charge in [-0.1, -0.05) is 60.7 Å². The number of hydrogen-bond acceptors (Lipinski definition) is 2. The van der Waals surface area contributed by atoms with Crippen LogP contribution in [0.4, 0.5) is 0 Å². The van der Waals surface area contributed by atoms with Gasteiger partial charge in [0.25, 0.3) is 0 Å². The molecular weight excluding hydrogens is 270 g/mol. The Hall–Kier alpha value is -1.93. The highest BCUT2D eigenvalue weighted by molar-refractivity contribution is 5.62. The minimum Gasteiger partial charge on any atom is -0.303 e. The fourth-order valence-electron chi connectivity index (χ4n) is 3.45. The number of piperidine rings is 1. The van der Waals surface area contributed by atoms with Gasteiger partial charge in [0.2, 0.25) is 0 Å². The molecule has 0 amide bonds. The summed E-state index contributed by atoms with van der Waals surface area (Å²) in [4.78, 5) is 14.1. The SMILES string of the molecule is O=CC(c1ccccc1)C1CCN(Cc2ccccc2)CC1. The van der Waals surface area contributed by atoms with Gasteiger partial charge in [0, 0.05) is 12.5 Å². The molecule has 1 saturated heterocycles. The largest absolute Gasteiger partial charge is 0.303 e. The van der Waals surface area contributed by atoms with Gasteiger partial charge < -0.3 is 4.79 Å². The van der Waals surface area contributed by atoms with E-state index in [1.165, 1.54) is 11.1 Å². The van der Waals surface area contributed by atoms with Crippen LogP contribution < -0.4 is 0 Å². The standard InChI is InChI=1S/C20H23NO/c22-16-20(18-9-5-2-6-10-18)19-11-13-21(14-12-19)15-17-7-3-1-4-8-17/h1-10,16,19-20H,11-15H2. The lowest BCUT2D eigenvalue weighted by atomic mass is 9.81. The summed E-state index contributed by atoms with van der Waals surface area (Å²) in [5, 5.41) is 0. The Morgan fingerprint density at radius 3 is 2.14 bits per heavy atom. The lowest BCUT2D eigenvalue weighted by Crippen LogP contribution is -2.35. The molecule has 0 aliphatic carbocycles. The number of carbonyl (C=O) groups is 1. The Balaban J connectivity index is 1.58. The number of nitrogens with zero attached hydrogens (tertiary/aromatic N) is 1. The second-order valence-corrected chi connectivity index (χ2v) is 6.17. The molecule has 2 aromatic carbocycles. The zero-order chi connectivity index (χ0) is 15.2. The fourth-order valence-corrected chi connectivity index (χ4v) is 3.45. The quantitative estimate of drug-likeness (QED) is 0.780. The molecule has 1 atom stereocenters. The first-order valence-electron chi connectivity index (χ1n) is 8.13. The van der Waals surface area contributed by atoms with Crippen LogP contribution >= 0.6 is 0 Å². The third-order valence-corrected chi connectivity index (χ3v) is 4.72. The Bertz CT molecular complexity index is 573. The number of hydrogen-bond donors (Lipinski definition) is 0. The topological polar surface area (TPSA) is 20.3 Å². The van der Waals surface area contributed by atoms with Crippen LogP contribution in [0.1, 0.15) is 29.9 Å². The van der Waals surface area contributed by atoms with Crippen molar-refractivity contribution < 1.29 is 4.79 Å². The second-order valence-electron chi connectivity index (χ2n) is 6.17. The molecule has 0 saturated carbocycles. The molecule has 2 heteroatoms. The highest BCUT2D eigenvalue weighted by Crippen LogP contribution is 2.31. The molecular formula is C20H23NO. The molecule has 2 aromatic rings. The Kier molecular flexibility index (Phi) is 5.02. The molecule has 1 fully saturated rings. The third kappa shape index (κ3) is 3.63. The van der Waals surface area contributed by atoms with E-state index in [9.17, 15) is 4.79 Å². The van der Waals surface area contributed by atoms with E-state index in [0.29, 0.717) is 5.92 Å². The summed E-state index contributed by atoms with van der Waals surface area (Å²) in [6.45, 7) is 3.18. The van der Waals surface area contributed by atoms with Crippen molar-refractivity contribution in [3.63, 3.8) is 0 Å². The molecule has 3 rings (SSSR count). The van der Waals surface area contributed by atoms with Gasteiger partial charge in [0.1, 0.15) is 6.29 Å². The number of likely N-dealkylation sites (tertiary alicyclic amines) is 1. The molecule has 0 radical (unpaired) electrons. The number of aldehydes is 1. The molecule has 0 N–H and O–H groups in total. The zero-order valence-corrected chi connectivity index (χ0v) is 12.9. The summed E-state index contributed by atoms with van der Waals surface area (Å²) in [5.74, 6) is 0.534. The van der Waals surface area contributed by atoms with Gasteiger partial charge in [-0.3, -0.25) is 4.90 Å². The predicted molar refractivity (Wildman–Crippen MR) is 89.7 cm³/mol. The van der Waals surface area contributed by atoms with E-state index in [4.69, 9.17) is 0 Å². The van der Waals surface area contributed by atoms with Crippen molar-refractivity contribution in [3.05, 3.63) is 71.8 Å². The number of carbonyl (C=O) groups excluding carboxylic acids is 1. The maximum atomic E-state index is 11.6. The molecule has 0 bridgehead atoms. The summed E-state index contributed by atoms with van der Waals surface area (Å²) in [5.41, 5.74) is 2.54. The number of rotatable bonds is 5. The highest BCUT2D eigenvalue weighted by atomic mass is 16.1. The van der Waals surface area contributed by atoms with Crippen molar-refractivity contribution in [1.82, 2.24) is 4.90 Å². The van der Waals surface area contributed by atoms with Crippen molar-refractivity contribution in [2.24, 2.45) is 5.92 Å². The third-order valence-electron chi connectivity index (χ3n) is 4.72. The summed E-state index contributed by atoms with van der Waals surface area (Å²) in [7, 11) is 0. The fraction of sp³-hybridized carbons (Fsp3) is 0.350. The summed E-state index contributed by atoms with van der Waals surface area (Å²) >= 11 is 0. The van der Waals surface area contributed by atoms with Crippen molar-refractivity contribution >= 4 is 6.29 Å². The Morgan fingerprint density at radius 1 is 0.955 bits per heavy atom. The monoisotopic (exact) mass is 293 g/mol. The van der Waals surface area contributed by atoms with Crippen LogP contribution in [0.2, 0.25) is 0 Å². The number of benzene rings is 2. The van der Waals surface area contributed by atoms with Gasteiger partial charge in [-0.2, -0.15) is 0 Å². The summed E-state index contributed by atoms with van der Waals surface area (Å²) < 4.78 is 0. The van der Waals surface area contributed by atoms with E-state index in [2.05, 4.69) is 47.4 Å². The van der Waals surface area contributed by atoms with E-state index in [-0.39, 0.29) is 5.92 Å². The Morgan fingerprint density at radius 2 is 1.55 bits per heavy atom. The van der Waals surface area contributed by atoms with Crippen LogP contribution in [0.15, 0.2) is 60.7 Å². The van der Waals surface area contributed by atoms with E-state index < -0.39 is 0 Å². The molecule has 0 spiro atoms. The van der Waals surface area contributed by atoms with Crippen LogP contribution in [0, 0.1) is 5.92 Å². The first-order valence-corrected chi connectivity index (χ1v) is 8.13. The van der Waals surface area contributed by atoms with Gasteiger partial charge in [0.05, 0.1) is 0 Å². The maximum Gasteiger partial charge on any atom is 0.127 e. The molecule has 1 heterocycles. The summed E-state index contributed by atoms with van der Waals surface area (Å²) in [6, 6.07) is 20.8. The lowest BCUT2D eigenvalue weighted by Gasteiger charge is -2.34. The highest BCUT2D eigenvalue weighted by Gasteiger charge is 2.27. The van der Waals surface area contributed by atoms with E-state index >= 15 is 0 Å². The van der Waals surface area contributed by atoms with E-state index in [1.54, 1.807) is 0 Å². The predicted octanol–water partition coefficient (Wildman–Crippen LogP) is 3.88. The van der Waals surface area contributed by atoms with Crippen LogP contribution in [0.25, 0.3) is 0 Å². The molecule has 114 valence electrons. The van der Waals surface area contributed by atoms with Gasteiger partial charge in [-0.25, -0.2) is 0 Å². The summed E-state index contributed by atoms with van der Waals surface area (Å²) in [6.07, 6.45) is 3.35. The normalized spacial score (nSPS) is 18.0. The van der Waals surface area contributed by atoms with Crippen LogP contribution in [0.5, 0.6) is 0 Å². The van der Waals surface area contributed by atoms with Crippen molar-refractivity contribution in [2.75, 3.05) is 13.1 Å². The first kappa shape index (κ1) is 15.0. The van der Waals surface area contributed by atoms with Gasteiger partial charge in [-0.05, 0) is 43.0 Å². The molecule has 1 unspecified atom stereocenters. The van der Waals surface area contributed by atoms with Gasteiger partial charge in [0.15, 0.2) is 0 Å². The molecule has 22 heavy (non-hydrogen) atoms. The molecule has 1 aliphatic rings. The molecule has 2 nitrogen and oxygen atoms in total. The average molecular weight is 293 g/mol. The minimum atomic E-state index is 0.0556. The van der Waals surface area contributed by atoms with Crippen LogP contribution in [0.3, 0.4) is 0 Å². The Labute approximate surface area is 132 Å². The van der Waals surface area contributed by atoms with Crippen LogP contribution in [-0.4, -0.2) is 24.3 Å².